The van der Waals surface area contributed by atoms with Crippen LogP contribution in [0.5, 0.6) is 0 Å². The Morgan fingerprint density at radius 2 is 0.955 bits per heavy atom. The average molecular weight is 713 g/mol. The molecule has 240 valence electrons. The van der Waals surface area contributed by atoms with Crippen LogP contribution in [-0.4, -0.2) is 23.8 Å². The van der Waals surface area contributed by atoms with E-state index in [1.165, 1.54) is 11.1 Å². The summed E-state index contributed by atoms with van der Waals surface area (Å²) >= 11 is 0. The van der Waals surface area contributed by atoms with Crippen molar-refractivity contribution in [2.24, 2.45) is 10.8 Å². The van der Waals surface area contributed by atoms with Gasteiger partial charge in [-0.05, 0) is 50.0 Å². The maximum Gasteiger partial charge on any atom is 2.00 e. The molecule has 4 rings (SSSR count). The molecule has 0 spiro atoms. The Morgan fingerprint density at radius 1 is 0.614 bits per heavy atom. The van der Waals surface area contributed by atoms with Gasteiger partial charge in [-0.25, -0.2) is 12.2 Å². The summed E-state index contributed by atoms with van der Waals surface area (Å²) in [5, 5.41) is 0. The SMILES string of the molecule is CC(C)OC1(OC2=[C-]CC=C2)CC=CC=C1C(C)(C)C.CC(C)OC1(OC2=[C-]CC=C2)CC=CC=C1C(C)(C)C.[Cl-].[Cl-].[Ti+2].[Ti+2]. The van der Waals surface area contributed by atoms with Gasteiger partial charge in [0, 0.05) is 24.0 Å². The normalized spacial score (nSPS) is 23.5. The molecule has 0 saturated heterocycles. The first-order valence-corrected chi connectivity index (χ1v) is 14.7. The Balaban J connectivity index is 0. The van der Waals surface area contributed by atoms with Crippen LogP contribution in [0.3, 0.4) is 0 Å². The third-order valence-corrected chi connectivity index (χ3v) is 6.74. The van der Waals surface area contributed by atoms with Crippen molar-refractivity contribution in [1.82, 2.24) is 0 Å². The van der Waals surface area contributed by atoms with E-state index in [1.807, 2.05) is 39.8 Å². The van der Waals surface area contributed by atoms with Crippen LogP contribution in [0.1, 0.15) is 94.9 Å². The molecule has 0 bridgehead atoms. The van der Waals surface area contributed by atoms with E-state index in [9.17, 15) is 0 Å². The van der Waals surface area contributed by atoms with Crippen LogP contribution in [-0.2, 0) is 62.4 Å². The van der Waals surface area contributed by atoms with Crippen LogP contribution < -0.4 is 24.8 Å². The van der Waals surface area contributed by atoms with E-state index in [4.69, 9.17) is 18.9 Å². The number of hydrogen-bond donors (Lipinski definition) is 0. The molecule has 4 aliphatic carbocycles. The summed E-state index contributed by atoms with van der Waals surface area (Å²) in [4.78, 5) is 0. The van der Waals surface area contributed by atoms with Crippen molar-refractivity contribution in [3.05, 3.63) is 95.6 Å². The molecule has 2 unspecified atom stereocenters. The zero-order chi connectivity index (χ0) is 29.6. The standard InChI is InChI=1S/2C18H25O2.2ClH.2Ti/c2*1-14(2)19-18(20-15-10-6-7-11-15)13-9-8-12-16(18)17(3,4)5;;;;/h2*6,8-10,12,14H,7,13H2,1-5H3;2*1H;;/q2*-1;;;2*+2/p-2. The van der Waals surface area contributed by atoms with Crippen molar-refractivity contribution < 1.29 is 87.2 Å². The van der Waals surface area contributed by atoms with Gasteiger partial charge < -0.3 is 43.8 Å². The summed E-state index contributed by atoms with van der Waals surface area (Å²) < 4.78 is 25.0. The third kappa shape index (κ3) is 12.6. The van der Waals surface area contributed by atoms with Gasteiger partial charge in [0.1, 0.15) is 0 Å². The van der Waals surface area contributed by atoms with Crippen LogP contribution in [0.4, 0.5) is 0 Å². The van der Waals surface area contributed by atoms with Crippen molar-refractivity contribution in [3.8, 4) is 0 Å². The number of rotatable bonds is 8. The summed E-state index contributed by atoms with van der Waals surface area (Å²) in [6, 6.07) is 0. The molecule has 4 nitrogen and oxygen atoms in total. The Bertz CT molecular complexity index is 1060. The summed E-state index contributed by atoms with van der Waals surface area (Å²) in [7, 11) is 0. The molecule has 0 saturated carbocycles. The molecule has 0 N–H and O–H groups in total. The minimum absolute atomic E-state index is 0. The van der Waals surface area contributed by atoms with Crippen LogP contribution >= 0.6 is 0 Å². The monoisotopic (exact) mass is 712 g/mol. The van der Waals surface area contributed by atoms with Crippen LogP contribution in [0, 0.1) is 23.0 Å². The molecule has 2 atom stereocenters. The van der Waals surface area contributed by atoms with Crippen molar-refractivity contribution in [1.29, 1.82) is 0 Å². The molecule has 8 heteroatoms. The van der Waals surface area contributed by atoms with Gasteiger partial charge in [0.05, 0.1) is 12.2 Å². The Labute approximate surface area is 310 Å². The molecule has 0 fully saturated rings. The number of ether oxygens (including phenoxy) is 4. The maximum absolute atomic E-state index is 6.27. The largest absolute Gasteiger partial charge is 2.00 e. The predicted octanol–water partition coefficient (Wildman–Crippen LogP) is 3.41. The fourth-order valence-corrected chi connectivity index (χ4v) is 5.38. The van der Waals surface area contributed by atoms with Crippen molar-refractivity contribution in [2.75, 3.05) is 0 Å². The molecular weight excluding hydrogens is 663 g/mol. The van der Waals surface area contributed by atoms with E-state index in [2.05, 4.69) is 102 Å². The minimum atomic E-state index is -0.710. The van der Waals surface area contributed by atoms with Crippen LogP contribution in [0.2, 0.25) is 0 Å². The molecule has 0 radical (unpaired) electrons. The Kier molecular flexibility index (Phi) is 20.0. The second-order valence-corrected chi connectivity index (χ2v) is 13.3. The molecule has 0 heterocycles. The van der Waals surface area contributed by atoms with E-state index in [0.29, 0.717) is 0 Å². The van der Waals surface area contributed by atoms with E-state index < -0.39 is 11.6 Å². The number of allylic oxidation sites excluding steroid dienone is 10. The molecular formula is C36H50Cl2O4Ti2. The van der Waals surface area contributed by atoms with Crippen LogP contribution in [0.15, 0.2) is 83.4 Å². The first-order valence-electron chi connectivity index (χ1n) is 14.7. The number of hydrogen-bond acceptors (Lipinski definition) is 4. The minimum Gasteiger partial charge on any atom is -1.00 e. The Morgan fingerprint density at radius 3 is 1.20 bits per heavy atom. The molecule has 4 aliphatic rings. The zero-order valence-electron chi connectivity index (χ0n) is 28.1. The molecule has 44 heavy (non-hydrogen) atoms. The fourth-order valence-electron chi connectivity index (χ4n) is 5.38. The smallest absolute Gasteiger partial charge is 1.00 e. The van der Waals surface area contributed by atoms with Gasteiger partial charge in [-0.3, -0.25) is 0 Å². The van der Waals surface area contributed by atoms with Crippen molar-refractivity contribution in [2.45, 2.75) is 119 Å². The third-order valence-electron chi connectivity index (χ3n) is 6.74. The zero-order valence-corrected chi connectivity index (χ0v) is 32.8. The second-order valence-electron chi connectivity index (χ2n) is 13.3. The summed E-state index contributed by atoms with van der Waals surface area (Å²) in [6.45, 7) is 21.4. The topological polar surface area (TPSA) is 36.9 Å². The summed E-state index contributed by atoms with van der Waals surface area (Å²) in [5.41, 5.74) is 2.33. The molecule has 0 aromatic carbocycles. The molecule has 0 aliphatic heterocycles. The fraction of sp³-hybridized carbons (Fsp3) is 0.556. The maximum atomic E-state index is 6.27. The molecule has 0 aromatic rings. The Hall–Kier alpha value is -0.551. The van der Waals surface area contributed by atoms with Gasteiger partial charge in [0.25, 0.3) is 0 Å². The van der Waals surface area contributed by atoms with E-state index >= 15 is 0 Å². The van der Waals surface area contributed by atoms with Gasteiger partial charge in [0.2, 0.25) is 11.6 Å². The molecule has 0 amide bonds. The first kappa shape index (κ1) is 45.6. The first-order chi connectivity index (χ1) is 18.7. The van der Waals surface area contributed by atoms with Gasteiger partial charge >= 0.3 is 43.4 Å². The number of halogens is 2. The van der Waals surface area contributed by atoms with Gasteiger partial charge in [0.15, 0.2) is 0 Å². The predicted molar refractivity (Wildman–Crippen MR) is 164 cm³/mol. The second kappa shape index (κ2) is 19.3. The quantitative estimate of drug-likeness (QED) is 0.220. The van der Waals surface area contributed by atoms with Crippen molar-refractivity contribution >= 4 is 0 Å². The van der Waals surface area contributed by atoms with Gasteiger partial charge in [-0.1, -0.05) is 78.0 Å². The summed E-state index contributed by atoms with van der Waals surface area (Å²) in [5.74, 6) is 0.156. The van der Waals surface area contributed by atoms with E-state index in [0.717, 1.165) is 37.2 Å². The average Bonchev–Trinajstić information content (AvgIpc) is 3.52. The van der Waals surface area contributed by atoms with Crippen molar-refractivity contribution in [3.63, 3.8) is 0 Å². The summed E-state index contributed by atoms with van der Waals surface area (Å²) in [6.07, 6.45) is 30.5. The van der Waals surface area contributed by atoms with Crippen LogP contribution in [0.25, 0.3) is 0 Å². The van der Waals surface area contributed by atoms with E-state index in [1.54, 1.807) is 0 Å². The van der Waals surface area contributed by atoms with Gasteiger partial charge in [-0.15, -0.1) is 12.8 Å². The van der Waals surface area contributed by atoms with E-state index in [-0.39, 0.29) is 91.3 Å². The molecule has 0 aromatic heterocycles. The van der Waals surface area contributed by atoms with Gasteiger partial charge in [-0.2, -0.15) is 24.3 Å².